The number of H-pyrrole nitrogens is 2. The van der Waals surface area contributed by atoms with E-state index in [0.29, 0.717) is 44.9 Å². The van der Waals surface area contributed by atoms with Gasteiger partial charge in [0.15, 0.2) is 17.3 Å². The molecule has 0 unspecified atom stereocenters. The van der Waals surface area contributed by atoms with Crippen LogP contribution in [-0.2, 0) is 11.2 Å². The van der Waals surface area contributed by atoms with E-state index >= 15 is 4.39 Å². The quantitative estimate of drug-likeness (QED) is 0.211. The van der Waals surface area contributed by atoms with Gasteiger partial charge in [0, 0.05) is 28.9 Å². The van der Waals surface area contributed by atoms with Gasteiger partial charge >= 0.3 is 0 Å². The Labute approximate surface area is 237 Å². The third-order valence-corrected chi connectivity index (χ3v) is 6.96. The molecule has 42 heavy (non-hydrogen) atoms. The Kier molecular flexibility index (Phi) is 6.20. The van der Waals surface area contributed by atoms with Crippen molar-refractivity contribution in [2.24, 2.45) is 0 Å². The molecule has 7 aromatic rings. The van der Waals surface area contributed by atoms with E-state index in [-0.39, 0.29) is 23.7 Å². The Morgan fingerprint density at radius 1 is 0.881 bits per heavy atom. The van der Waals surface area contributed by atoms with Crippen LogP contribution in [0.2, 0.25) is 0 Å². The fourth-order valence-electron chi connectivity index (χ4n) is 4.97. The predicted molar refractivity (Wildman–Crippen MR) is 156 cm³/mol. The van der Waals surface area contributed by atoms with Crippen molar-refractivity contribution >= 4 is 33.7 Å². The SMILES string of the molecule is O=C(Cc1ccccc1)Nc1cncc(-c2cc(F)c3n[nH]c(-c4nc5nccc(-c6ccc(F)cc6)c5[nH]4)c3c2)c1. The molecule has 204 valence electrons. The number of carbonyl (C=O) groups excluding carboxylic acids is 1. The predicted octanol–water partition coefficient (Wildman–Crippen LogP) is 6.69. The summed E-state index contributed by atoms with van der Waals surface area (Å²) in [5, 5.41) is 10.5. The molecule has 3 N–H and O–H groups in total. The summed E-state index contributed by atoms with van der Waals surface area (Å²) in [6, 6.07) is 22.3. The zero-order valence-corrected chi connectivity index (χ0v) is 21.9. The van der Waals surface area contributed by atoms with Crippen molar-refractivity contribution in [3.8, 4) is 33.8 Å². The number of nitrogens with one attached hydrogen (secondary N) is 3. The summed E-state index contributed by atoms with van der Waals surface area (Å²) >= 11 is 0. The van der Waals surface area contributed by atoms with Gasteiger partial charge in [-0.25, -0.2) is 18.7 Å². The van der Waals surface area contributed by atoms with Crippen molar-refractivity contribution in [2.75, 3.05) is 5.32 Å². The Morgan fingerprint density at radius 2 is 1.71 bits per heavy atom. The Bertz CT molecular complexity index is 2090. The number of anilines is 1. The highest BCUT2D eigenvalue weighted by Gasteiger charge is 2.18. The van der Waals surface area contributed by atoms with E-state index in [1.54, 1.807) is 42.9 Å². The number of rotatable bonds is 6. The minimum Gasteiger partial charge on any atom is -0.335 e. The number of fused-ring (bicyclic) bond motifs is 2. The molecule has 8 nitrogen and oxygen atoms in total. The van der Waals surface area contributed by atoms with Crippen LogP contribution < -0.4 is 5.32 Å². The van der Waals surface area contributed by atoms with Gasteiger partial charge in [0.25, 0.3) is 0 Å². The van der Waals surface area contributed by atoms with Crippen LogP contribution in [0.15, 0.2) is 97.5 Å². The van der Waals surface area contributed by atoms with Gasteiger partial charge in [0.05, 0.1) is 23.8 Å². The van der Waals surface area contributed by atoms with Gasteiger partial charge in [-0.1, -0.05) is 42.5 Å². The minimum atomic E-state index is -0.523. The molecule has 4 aromatic heterocycles. The molecule has 0 saturated carbocycles. The van der Waals surface area contributed by atoms with E-state index < -0.39 is 5.82 Å². The van der Waals surface area contributed by atoms with Crippen LogP contribution in [0.25, 0.3) is 55.8 Å². The molecule has 0 spiro atoms. The molecular formula is C32H21F2N7O. The zero-order valence-electron chi connectivity index (χ0n) is 21.9. The van der Waals surface area contributed by atoms with Gasteiger partial charge in [-0.05, 0) is 53.1 Å². The van der Waals surface area contributed by atoms with E-state index in [1.165, 1.54) is 18.2 Å². The average molecular weight is 558 g/mol. The summed E-state index contributed by atoms with van der Waals surface area (Å²) in [6.45, 7) is 0. The number of aromatic nitrogens is 6. The van der Waals surface area contributed by atoms with Crippen LogP contribution in [0.3, 0.4) is 0 Å². The maximum atomic E-state index is 15.3. The molecule has 0 radical (unpaired) electrons. The number of aromatic amines is 2. The van der Waals surface area contributed by atoms with Crippen LogP contribution in [0.5, 0.6) is 0 Å². The van der Waals surface area contributed by atoms with Crippen LogP contribution in [0.4, 0.5) is 14.5 Å². The van der Waals surface area contributed by atoms with E-state index in [9.17, 15) is 9.18 Å². The number of imidazole rings is 1. The first-order valence-corrected chi connectivity index (χ1v) is 13.1. The van der Waals surface area contributed by atoms with Crippen molar-refractivity contribution in [3.63, 3.8) is 0 Å². The van der Waals surface area contributed by atoms with Gasteiger partial charge in [-0.3, -0.25) is 14.9 Å². The molecule has 3 aromatic carbocycles. The molecule has 0 aliphatic carbocycles. The number of benzene rings is 3. The van der Waals surface area contributed by atoms with Gasteiger partial charge < -0.3 is 10.3 Å². The maximum absolute atomic E-state index is 15.3. The third kappa shape index (κ3) is 4.75. The number of carbonyl (C=O) groups is 1. The van der Waals surface area contributed by atoms with Crippen molar-refractivity contribution in [1.29, 1.82) is 0 Å². The second-order valence-electron chi connectivity index (χ2n) is 9.78. The summed E-state index contributed by atoms with van der Waals surface area (Å²) in [5.74, 6) is -0.611. The summed E-state index contributed by atoms with van der Waals surface area (Å²) in [4.78, 5) is 29.1. The summed E-state index contributed by atoms with van der Waals surface area (Å²) in [5.41, 5.74) is 5.89. The number of hydrogen-bond acceptors (Lipinski definition) is 5. The van der Waals surface area contributed by atoms with E-state index in [2.05, 4.69) is 35.5 Å². The molecule has 0 saturated heterocycles. The van der Waals surface area contributed by atoms with E-state index in [4.69, 9.17) is 0 Å². The van der Waals surface area contributed by atoms with Crippen LogP contribution >= 0.6 is 0 Å². The van der Waals surface area contributed by atoms with E-state index in [1.807, 2.05) is 36.4 Å². The summed E-state index contributed by atoms with van der Waals surface area (Å²) in [6.07, 6.45) is 5.00. The Morgan fingerprint density at radius 3 is 2.55 bits per heavy atom. The van der Waals surface area contributed by atoms with Crippen LogP contribution in [0.1, 0.15) is 5.56 Å². The summed E-state index contributed by atoms with van der Waals surface area (Å²) < 4.78 is 28.8. The molecule has 7 rings (SSSR count). The molecule has 10 heteroatoms. The first-order valence-electron chi connectivity index (χ1n) is 13.1. The lowest BCUT2D eigenvalue weighted by Gasteiger charge is -2.08. The van der Waals surface area contributed by atoms with Gasteiger partial charge in [-0.2, -0.15) is 5.10 Å². The highest BCUT2D eigenvalue weighted by Crippen LogP contribution is 2.34. The molecule has 1 amide bonds. The van der Waals surface area contributed by atoms with Gasteiger partial charge in [0.2, 0.25) is 5.91 Å². The fourth-order valence-corrected chi connectivity index (χ4v) is 4.97. The molecule has 4 heterocycles. The van der Waals surface area contributed by atoms with Crippen molar-refractivity contribution in [1.82, 2.24) is 30.1 Å². The fraction of sp³-hybridized carbons (Fsp3) is 0.0312. The average Bonchev–Trinajstić information content (AvgIpc) is 3.63. The van der Waals surface area contributed by atoms with Crippen molar-refractivity contribution in [2.45, 2.75) is 6.42 Å². The second-order valence-corrected chi connectivity index (χ2v) is 9.78. The smallest absolute Gasteiger partial charge is 0.228 e. The largest absolute Gasteiger partial charge is 0.335 e. The van der Waals surface area contributed by atoms with Gasteiger partial charge in [-0.15, -0.1) is 0 Å². The zero-order chi connectivity index (χ0) is 28.6. The van der Waals surface area contributed by atoms with Crippen LogP contribution in [0, 0.1) is 11.6 Å². The molecule has 0 atom stereocenters. The maximum Gasteiger partial charge on any atom is 0.228 e. The Balaban J connectivity index is 1.24. The number of pyridine rings is 2. The van der Waals surface area contributed by atoms with Crippen molar-refractivity contribution in [3.05, 3.63) is 115 Å². The normalized spacial score (nSPS) is 11.3. The monoisotopic (exact) mass is 557 g/mol. The lowest BCUT2D eigenvalue weighted by atomic mass is 10.0. The lowest BCUT2D eigenvalue weighted by Crippen LogP contribution is -2.14. The van der Waals surface area contributed by atoms with Crippen molar-refractivity contribution < 1.29 is 13.6 Å². The molecule has 0 aliphatic rings. The second kappa shape index (κ2) is 10.3. The minimum absolute atomic E-state index is 0.154. The van der Waals surface area contributed by atoms with Crippen LogP contribution in [-0.4, -0.2) is 36.0 Å². The highest BCUT2D eigenvalue weighted by atomic mass is 19.1. The highest BCUT2D eigenvalue weighted by molar-refractivity contribution is 5.98. The number of hydrogen-bond donors (Lipinski definition) is 3. The first-order chi connectivity index (χ1) is 20.5. The number of nitrogens with zero attached hydrogens (tertiary/aromatic N) is 4. The molecule has 0 fully saturated rings. The number of halogens is 2. The van der Waals surface area contributed by atoms with E-state index in [0.717, 1.165) is 16.7 Å². The molecule has 0 bridgehead atoms. The third-order valence-electron chi connectivity index (χ3n) is 6.96. The first kappa shape index (κ1) is 25.2. The topological polar surface area (TPSA) is 112 Å². The molecular weight excluding hydrogens is 536 g/mol. The number of amides is 1. The Hall–Kier alpha value is -5.77. The summed E-state index contributed by atoms with van der Waals surface area (Å²) in [7, 11) is 0. The standard InChI is InChI=1S/C32H21F2N7O/c33-22-8-6-19(7-9-22)24-10-11-36-31-29(24)38-32(39-31)30-25-14-20(15-26(34)28(25)40-41-30)21-13-23(17-35-16-21)37-27(42)12-18-4-2-1-3-5-18/h1-11,13-17H,12H2,(H,37,42)(H,40,41)(H,36,38,39). The van der Waals surface area contributed by atoms with Gasteiger partial charge in [0.1, 0.15) is 17.0 Å². The molecule has 0 aliphatic heterocycles. The lowest BCUT2D eigenvalue weighted by molar-refractivity contribution is -0.115.